The number of allylic oxidation sites excluding steroid dienone is 1. The molecule has 23 heavy (non-hydrogen) atoms. The van der Waals surface area contributed by atoms with E-state index < -0.39 is 8.32 Å². The molecule has 0 fully saturated rings. The molecule has 0 bridgehead atoms. The summed E-state index contributed by atoms with van der Waals surface area (Å²) in [6.07, 6.45) is 7.77. The summed E-state index contributed by atoms with van der Waals surface area (Å²) in [5, 5.41) is 0.309. The van der Waals surface area contributed by atoms with Gasteiger partial charge in [-0.25, -0.2) is 0 Å². The van der Waals surface area contributed by atoms with Gasteiger partial charge in [0.15, 0.2) is 8.32 Å². The Kier molecular flexibility index (Phi) is 8.81. The molecule has 0 atom stereocenters. The van der Waals surface area contributed by atoms with Crippen LogP contribution >= 0.6 is 0 Å². The number of rotatable bonds is 10. The van der Waals surface area contributed by atoms with Crippen LogP contribution in [0.15, 0.2) is 42.5 Å². The van der Waals surface area contributed by atoms with Gasteiger partial charge in [-0.05, 0) is 43.0 Å². The number of hydrogen-bond acceptors (Lipinski definition) is 2. The van der Waals surface area contributed by atoms with Gasteiger partial charge in [-0.2, -0.15) is 0 Å². The number of hydrogen-bond donors (Lipinski definition) is 0. The molecule has 0 spiro atoms. The molecular weight excluding hydrogens is 300 g/mol. The van der Waals surface area contributed by atoms with Gasteiger partial charge in [0.1, 0.15) is 0 Å². The Balaban J connectivity index is 2.01. The van der Waals surface area contributed by atoms with Gasteiger partial charge >= 0.3 is 0 Å². The number of ether oxygens (including phenoxy) is 1. The molecule has 0 heterocycles. The fourth-order valence-corrected chi connectivity index (χ4v) is 3.00. The van der Waals surface area contributed by atoms with Gasteiger partial charge in [0.25, 0.3) is 0 Å². The first-order valence-corrected chi connectivity index (χ1v) is 11.6. The Labute approximate surface area is 144 Å². The molecule has 0 radical (unpaired) electrons. The van der Waals surface area contributed by atoms with E-state index in [4.69, 9.17) is 9.16 Å². The Hall–Kier alpha value is -0.903. The average molecular weight is 335 g/mol. The van der Waals surface area contributed by atoms with Crippen LogP contribution in [0.25, 0.3) is 0 Å². The molecule has 1 rings (SSSR count). The van der Waals surface area contributed by atoms with E-state index >= 15 is 0 Å². The zero-order chi connectivity index (χ0) is 17.2. The Bertz CT molecular complexity index is 446. The second kappa shape index (κ2) is 10.1. The van der Waals surface area contributed by atoms with E-state index in [-0.39, 0.29) is 0 Å². The highest BCUT2D eigenvalue weighted by Crippen LogP contribution is 2.36. The lowest BCUT2D eigenvalue weighted by molar-refractivity contribution is 0.148. The fraction of sp³-hybridized carbons (Fsp3) is 0.600. The van der Waals surface area contributed by atoms with Crippen LogP contribution in [0.4, 0.5) is 0 Å². The minimum Gasteiger partial charge on any atom is -0.417 e. The minimum atomic E-state index is -1.56. The smallest absolute Gasteiger partial charge is 0.191 e. The average Bonchev–Trinajstić information content (AvgIpc) is 2.49. The maximum Gasteiger partial charge on any atom is 0.191 e. The van der Waals surface area contributed by atoms with Crippen molar-refractivity contribution in [2.24, 2.45) is 0 Å². The molecule has 3 heteroatoms. The third-order valence-corrected chi connectivity index (χ3v) is 9.06. The highest BCUT2D eigenvalue weighted by Gasteiger charge is 2.36. The van der Waals surface area contributed by atoms with E-state index in [1.165, 1.54) is 12.0 Å². The monoisotopic (exact) mass is 334 g/mol. The van der Waals surface area contributed by atoms with Gasteiger partial charge in [0.05, 0.1) is 13.2 Å². The van der Waals surface area contributed by atoms with Gasteiger partial charge in [-0.15, -0.1) is 0 Å². The van der Waals surface area contributed by atoms with Crippen LogP contribution in [-0.4, -0.2) is 21.5 Å². The van der Waals surface area contributed by atoms with Crippen molar-refractivity contribution in [3.05, 3.63) is 48.0 Å². The Morgan fingerprint density at radius 3 is 2.35 bits per heavy atom. The van der Waals surface area contributed by atoms with E-state index in [1.807, 2.05) is 18.2 Å². The zero-order valence-corrected chi connectivity index (χ0v) is 16.6. The SMILES string of the molecule is CC(C)(C)[Si](C)(C)OCCCC/C=C/COCc1ccccc1. The number of benzene rings is 1. The molecule has 2 nitrogen and oxygen atoms in total. The van der Waals surface area contributed by atoms with Crippen LogP contribution in [0, 0.1) is 0 Å². The largest absolute Gasteiger partial charge is 0.417 e. The summed E-state index contributed by atoms with van der Waals surface area (Å²) in [6, 6.07) is 10.3. The van der Waals surface area contributed by atoms with Crippen LogP contribution in [0.3, 0.4) is 0 Å². The van der Waals surface area contributed by atoms with Crippen LogP contribution in [0.1, 0.15) is 45.6 Å². The molecule has 1 aromatic rings. The predicted molar refractivity (Wildman–Crippen MR) is 102 cm³/mol. The topological polar surface area (TPSA) is 18.5 Å². The first-order valence-electron chi connectivity index (χ1n) is 8.73. The van der Waals surface area contributed by atoms with Crippen molar-refractivity contribution in [1.29, 1.82) is 0 Å². The lowest BCUT2D eigenvalue weighted by Gasteiger charge is -2.36. The quantitative estimate of drug-likeness (QED) is 0.299. The van der Waals surface area contributed by atoms with E-state index in [9.17, 15) is 0 Å². The van der Waals surface area contributed by atoms with Crippen LogP contribution in [-0.2, 0) is 15.8 Å². The van der Waals surface area contributed by atoms with Crippen molar-refractivity contribution in [1.82, 2.24) is 0 Å². The summed E-state index contributed by atoms with van der Waals surface area (Å²) in [5.41, 5.74) is 1.23. The molecule has 130 valence electrons. The lowest BCUT2D eigenvalue weighted by Crippen LogP contribution is -2.40. The zero-order valence-electron chi connectivity index (χ0n) is 15.6. The van der Waals surface area contributed by atoms with Gasteiger partial charge in [0, 0.05) is 6.61 Å². The molecule has 0 saturated carbocycles. The molecule has 0 saturated heterocycles. The van der Waals surface area contributed by atoms with Gasteiger partial charge in [0.2, 0.25) is 0 Å². The van der Waals surface area contributed by atoms with Crippen LogP contribution < -0.4 is 0 Å². The number of unbranched alkanes of at least 4 members (excludes halogenated alkanes) is 2. The van der Waals surface area contributed by atoms with Gasteiger partial charge < -0.3 is 9.16 Å². The lowest BCUT2D eigenvalue weighted by atomic mass is 10.2. The van der Waals surface area contributed by atoms with Crippen molar-refractivity contribution in [2.75, 3.05) is 13.2 Å². The maximum absolute atomic E-state index is 6.18. The summed E-state index contributed by atoms with van der Waals surface area (Å²) in [7, 11) is -1.56. The molecule has 1 aromatic carbocycles. The molecule has 0 N–H and O–H groups in total. The molecule has 0 unspecified atom stereocenters. The standard InChI is InChI=1S/C20H34O2Si/c1-20(2,3)23(4,5)22-17-13-8-6-7-12-16-21-18-19-14-10-9-11-15-19/h7,9-12,14-15H,6,8,13,16-18H2,1-5H3/b12-7+. The summed E-state index contributed by atoms with van der Waals surface area (Å²) in [6.45, 7) is 13.8. The van der Waals surface area contributed by atoms with Crippen molar-refractivity contribution in [3.8, 4) is 0 Å². The second-order valence-corrected chi connectivity index (χ2v) is 12.4. The highest BCUT2D eigenvalue weighted by molar-refractivity contribution is 6.74. The molecular formula is C20H34O2Si. The maximum atomic E-state index is 6.18. The van der Waals surface area contributed by atoms with E-state index in [0.29, 0.717) is 18.3 Å². The summed E-state index contributed by atoms with van der Waals surface area (Å²) in [4.78, 5) is 0. The highest BCUT2D eigenvalue weighted by atomic mass is 28.4. The third-order valence-electron chi connectivity index (χ3n) is 4.53. The summed E-state index contributed by atoms with van der Waals surface area (Å²) in [5.74, 6) is 0. The van der Waals surface area contributed by atoms with E-state index in [0.717, 1.165) is 19.4 Å². The van der Waals surface area contributed by atoms with Crippen LogP contribution in [0.5, 0.6) is 0 Å². The summed E-state index contributed by atoms with van der Waals surface area (Å²) >= 11 is 0. The van der Waals surface area contributed by atoms with Crippen molar-refractivity contribution in [3.63, 3.8) is 0 Å². The third kappa shape index (κ3) is 8.49. The Morgan fingerprint density at radius 1 is 1.00 bits per heavy atom. The summed E-state index contributed by atoms with van der Waals surface area (Å²) < 4.78 is 11.8. The van der Waals surface area contributed by atoms with Gasteiger partial charge in [-0.3, -0.25) is 0 Å². The van der Waals surface area contributed by atoms with E-state index in [1.54, 1.807) is 0 Å². The molecule has 0 aliphatic carbocycles. The minimum absolute atomic E-state index is 0.309. The molecule has 0 amide bonds. The predicted octanol–water partition coefficient (Wildman–Crippen LogP) is 5.95. The second-order valence-electron chi connectivity index (χ2n) is 7.58. The van der Waals surface area contributed by atoms with E-state index in [2.05, 4.69) is 58.2 Å². The van der Waals surface area contributed by atoms with Gasteiger partial charge in [-0.1, -0.05) is 63.3 Å². The molecule has 0 aliphatic rings. The van der Waals surface area contributed by atoms with Crippen molar-refractivity contribution in [2.45, 2.75) is 64.8 Å². The first kappa shape index (κ1) is 20.1. The van der Waals surface area contributed by atoms with Crippen LogP contribution in [0.2, 0.25) is 18.1 Å². The first-order chi connectivity index (χ1) is 10.8. The fourth-order valence-electron chi connectivity index (χ4n) is 1.91. The molecule has 0 aliphatic heterocycles. The van der Waals surface area contributed by atoms with Crippen molar-refractivity contribution < 1.29 is 9.16 Å². The Morgan fingerprint density at radius 2 is 1.70 bits per heavy atom. The molecule has 0 aromatic heterocycles. The van der Waals surface area contributed by atoms with Crippen molar-refractivity contribution >= 4 is 8.32 Å². The normalized spacial score (nSPS) is 12.9.